The van der Waals surface area contributed by atoms with E-state index in [0.717, 1.165) is 10.4 Å². The molecular formula is C25H24ClF2N3O3S. The van der Waals surface area contributed by atoms with Gasteiger partial charge >= 0.3 is 5.69 Å². The lowest BCUT2D eigenvalue weighted by Gasteiger charge is -2.25. The molecule has 0 aliphatic carbocycles. The number of halogens is 3. The standard InChI is InChI=1S/C25H23F2N3O3S.ClH/c1-33-19-8-7-16(21(26)22(19)27)14-29-18-13-20(15-5-3-2-4-6-15)34-23(18)24(31)30(25(29)32)17-9-11-28-12-10-17;/h2-8,13,17,28H,9-12,14H2,1H3;1H. The van der Waals surface area contributed by atoms with E-state index in [1.807, 2.05) is 30.3 Å². The first-order chi connectivity index (χ1) is 16.5. The lowest BCUT2D eigenvalue weighted by molar-refractivity contribution is 0.346. The zero-order chi connectivity index (χ0) is 23.8. The lowest BCUT2D eigenvalue weighted by atomic mass is 10.1. The fourth-order valence-corrected chi connectivity index (χ4v) is 5.57. The minimum Gasteiger partial charge on any atom is -0.494 e. The van der Waals surface area contributed by atoms with Crippen LogP contribution in [0.2, 0.25) is 0 Å². The van der Waals surface area contributed by atoms with Crippen LogP contribution < -0.4 is 21.3 Å². The molecule has 35 heavy (non-hydrogen) atoms. The molecule has 10 heteroatoms. The average molecular weight is 520 g/mol. The SMILES string of the molecule is COc1ccc(Cn2c(=O)n(C3CCNCC3)c(=O)c3sc(-c4ccccc4)cc32)c(F)c1F.Cl. The van der Waals surface area contributed by atoms with E-state index < -0.39 is 17.3 Å². The van der Waals surface area contributed by atoms with E-state index in [-0.39, 0.29) is 41.9 Å². The summed E-state index contributed by atoms with van der Waals surface area (Å²) < 4.78 is 37.2. The number of benzene rings is 2. The second kappa shape index (κ2) is 10.3. The third kappa shape index (κ3) is 4.51. The quantitative estimate of drug-likeness (QED) is 0.419. The van der Waals surface area contributed by atoms with Gasteiger partial charge in [0.15, 0.2) is 11.6 Å². The molecule has 5 rings (SSSR count). The van der Waals surface area contributed by atoms with Gasteiger partial charge in [0.25, 0.3) is 5.56 Å². The number of hydrogen-bond acceptors (Lipinski definition) is 5. The van der Waals surface area contributed by atoms with Crippen LogP contribution in [0, 0.1) is 11.6 Å². The molecule has 6 nitrogen and oxygen atoms in total. The molecule has 1 aliphatic rings. The average Bonchev–Trinajstić information content (AvgIpc) is 3.31. The molecule has 1 aliphatic heterocycles. The van der Waals surface area contributed by atoms with Gasteiger partial charge in [-0.25, -0.2) is 9.18 Å². The molecule has 0 bridgehead atoms. The van der Waals surface area contributed by atoms with Gasteiger partial charge in [-0.1, -0.05) is 36.4 Å². The Morgan fingerprint density at radius 1 is 1.06 bits per heavy atom. The number of piperidine rings is 1. The molecule has 0 amide bonds. The summed E-state index contributed by atoms with van der Waals surface area (Å²) in [4.78, 5) is 28.0. The van der Waals surface area contributed by atoms with Gasteiger partial charge in [-0.15, -0.1) is 23.7 Å². The van der Waals surface area contributed by atoms with Crippen LogP contribution in [0.15, 0.2) is 58.1 Å². The van der Waals surface area contributed by atoms with E-state index in [1.54, 1.807) is 6.07 Å². The van der Waals surface area contributed by atoms with Crippen LogP contribution in [0.3, 0.4) is 0 Å². The molecule has 2 aromatic heterocycles. The summed E-state index contributed by atoms with van der Waals surface area (Å²) in [6.07, 6.45) is 1.28. The van der Waals surface area contributed by atoms with Crippen molar-refractivity contribution >= 4 is 34.0 Å². The Kier molecular flexibility index (Phi) is 7.39. The molecule has 1 N–H and O–H groups in total. The number of nitrogens with zero attached hydrogens (tertiary/aromatic N) is 2. The predicted octanol–water partition coefficient (Wildman–Crippen LogP) is 4.57. The first-order valence-electron chi connectivity index (χ1n) is 11.1. The molecular weight excluding hydrogens is 496 g/mol. The molecule has 3 heterocycles. The maximum absolute atomic E-state index is 14.8. The maximum Gasteiger partial charge on any atom is 0.332 e. The summed E-state index contributed by atoms with van der Waals surface area (Å²) in [7, 11) is 1.26. The van der Waals surface area contributed by atoms with Crippen molar-refractivity contribution in [1.82, 2.24) is 14.5 Å². The minimum absolute atomic E-state index is 0. The van der Waals surface area contributed by atoms with E-state index in [4.69, 9.17) is 4.74 Å². The Bertz CT molecular complexity index is 1480. The second-order valence-corrected chi connectivity index (χ2v) is 9.32. The first-order valence-corrected chi connectivity index (χ1v) is 11.9. The Hall–Kier alpha value is -3.01. The Labute approximate surface area is 210 Å². The number of hydrogen-bond donors (Lipinski definition) is 1. The van der Waals surface area contributed by atoms with Crippen molar-refractivity contribution in [2.45, 2.75) is 25.4 Å². The van der Waals surface area contributed by atoms with E-state index in [2.05, 4.69) is 5.32 Å². The minimum atomic E-state index is -1.11. The van der Waals surface area contributed by atoms with E-state index in [9.17, 15) is 18.4 Å². The summed E-state index contributed by atoms with van der Waals surface area (Å²) in [5.41, 5.74) is 0.482. The number of ether oxygens (including phenoxy) is 1. The molecule has 0 radical (unpaired) electrons. The Morgan fingerprint density at radius 2 is 1.77 bits per heavy atom. The Balaban J connectivity index is 0.00000289. The molecule has 2 aromatic carbocycles. The molecule has 1 fully saturated rings. The summed E-state index contributed by atoms with van der Waals surface area (Å²) >= 11 is 1.31. The van der Waals surface area contributed by atoms with Gasteiger partial charge in [-0.05, 0) is 43.6 Å². The highest BCUT2D eigenvalue weighted by Gasteiger charge is 2.25. The van der Waals surface area contributed by atoms with Crippen molar-refractivity contribution < 1.29 is 13.5 Å². The highest BCUT2D eigenvalue weighted by Crippen LogP contribution is 2.32. The predicted molar refractivity (Wildman–Crippen MR) is 136 cm³/mol. The van der Waals surface area contributed by atoms with Crippen molar-refractivity contribution in [2.24, 2.45) is 0 Å². The van der Waals surface area contributed by atoms with Gasteiger partial charge in [0.2, 0.25) is 5.82 Å². The molecule has 4 aromatic rings. The fraction of sp³-hybridized carbons (Fsp3) is 0.280. The number of rotatable bonds is 5. The van der Waals surface area contributed by atoms with Crippen molar-refractivity contribution in [3.63, 3.8) is 0 Å². The second-order valence-electron chi connectivity index (χ2n) is 8.27. The van der Waals surface area contributed by atoms with Gasteiger partial charge in [0.1, 0.15) is 4.70 Å². The number of fused-ring (bicyclic) bond motifs is 1. The third-order valence-corrected chi connectivity index (χ3v) is 7.42. The van der Waals surface area contributed by atoms with Crippen LogP contribution in [0.25, 0.3) is 20.7 Å². The normalized spacial score (nSPS) is 14.1. The van der Waals surface area contributed by atoms with Crippen LogP contribution in [0.4, 0.5) is 8.78 Å². The summed E-state index contributed by atoms with van der Waals surface area (Å²) in [6.45, 7) is 1.19. The molecule has 0 atom stereocenters. The zero-order valence-electron chi connectivity index (χ0n) is 18.9. The molecule has 1 saturated heterocycles. The number of methoxy groups -OCH3 is 1. The van der Waals surface area contributed by atoms with Gasteiger partial charge in [0.05, 0.1) is 19.2 Å². The summed E-state index contributed by atoms with van der Waals surface area (Å²) in [5, 5.41) is 3.24. The van der Waals surface area contributed by atoms with Crippen molar-refractivity contribution in [3.8, 4) is 16.2 Å². The first kappa shape index (κ1) is 25.1. The fourth-order valence-electron chi connectivity index (χ4n) is 4.47. The van der Waals surface area contributed by atoms with Gasteiger partial charge < -0.3 is 10.1 Å². The number of nitrogens with one attached hydrogen (secondary N) is 1. The van der Waals surface area contributed by atoms with Crippen LogP contribution in [-0.4, -0.2) is 29.3 Å². The largest absolute Gasteiger partial charge is 0.494 e. The highest BCUT2D eigenvalue weighted by molar-refractivity contribution is 7.22. The van der Waals surface area contributed by atoms with Crippen LogP contribution in [-0.2, 0) is 6.54 Å². The van der Waals surface area contributed by atoms with Crippen LogP contribution >= 0.6 is 23.7 Å². The van der Waals surface area contributed by atoms with Crippen LogP contribution in [0.1, 0.15) is 24.4 Å². The number of thiophene rings is 1. The van der Waals surface area contributed by atoms with Gasteiger partial charge in [-0.3, -0.25) is 13.9 Å². The number of aromatic nitrogens is 2. The van der Waals surface area contributed by atoms with E-state index in [0.29, 0.717) is 36.1 Å². The zero-order valence-corrected chi connectivity index (χ0v) is 20.6. The lowest BCUT2D eigenvalue weighted by Crippen LogP contribution is -2.45. The van der Waals surface area contributed by atoms with Gasteiger partial charge in [-0.2, -0.15) is 4.39 Å². The van der Waals surface area contributed by atoms with Crippen molar-refractivity contribution in [1.29, 1.82) is 0 Å². The summed E-state index contributed by atoms with van der Waals surface area (Å²) in [6, 6.07) is 13.8. The van der Waals surface area contributed by atoms with E-state index >= 15 is 0 Å². The third-order valence-electron chi connectivity index (χ3n) is 6.26. The summed E-state index contributed by atoms with van der Waals surface area (Å²) in [5.74, 6) is -2.39. The van der Waals surface area contributed by atoms with Crippen molar-refractivity contribution in [2.75, 3.05) is 20.2 Å². The smallest absolute Gasteiger partial charge is 0.332 e. The monoisotopic (exact) mass is 519 g/mol. The van der Waals surface area contributed by atoms with Crippen LogP contribution in [0.5, 0.6) is 5.75 Å². The maximum atomic E-state index is 14.8. The molecule has 0 spiro atoms. The van der Waals surface area contributed by atoms with Gasteiger partial charge in [0, 0.05) is 16.5 Å². The topological polar surface area (TPSA) is 65.3 Å². The van der Waals surface area contributed by atoms with E-state index in [1.165, 1.54) is 39.7 Å². The Morgan fingerprint density at radius 3 is 2.46 bits per heavy atom. The molecule has 0 unspecified atom stereocenters. The molecule has 184 valence electrons. The van der Waals surface area contributed by atoms with Crippen molar-refractivity contribution in [3.05, 3.63) is 86.6 Å². The highest BCUT2D eigenvalue weighted by atomic mass is 35.5. The molecule has 0 saturated carbocycles.